The summed E-state index contributed by atoms with van der Waals surface area (Å²) in [5.41, 5.74) is 1.17. The highest BCUT2D eigenvalue weighted by Crippen LogP contribution is 2.00. The topological polar surface area (TPSA) is 61.6 Å². The standard InChI is InChI=1S/C11H20N4O.HI/c1-3-12-11(13-5-7-16)14-8-10-4-6-15(2)9-10;/h4,6,9,16H,3,5,7-8H2,1-2H3,(H2,12,13,14);1H. The minimum Gasteiger partial charge on any atom is -0.395 e. The molecule has 0 amide bonds. The van der Waals surface area contributed by atoms with Crippen molar-refractivity contribution in [3.05, 3.63) is 24.0 Å². The lowest BCUT2D eigenvalue weighted by Gasteiger charge is -2.09. The Hall–Kier alpha value is -0.760. The molecule has 0 unspecified atom stereocenters. The highest BCUT2D eigenvalue weighted by molar-refractivity contribution is 14.0. The van der Waals surface area contributed by atoms with Gasteiger partial charge in [-0.05, 0) is 18.6 Å². The maximum Gasteiger partial charge on any atom is 0.191 e. The summed E-state index contributed by atoms with van der Waals surface area (Å²) >= 11 is 0. The molecule has 5 nitrogen and oxygen atoms in total. The second-order valence-electron chi connectivity index (χ2n) is 3.53. The van der Waals surface area contributed by atoms with Crippen molar-refractivity contribution < 1.29 is 5.11 Å². The number of nitrogens with zero attached hydrogens (tertiary/aromatic N) is 2. The van der Waals surface area contributed by atoms with Crippen molar-refractivity contribution in [2.75, 3.05) is 19.7 Å². The molecule has 0 saturated carbocycles. The first-order chi connectivity index (χ1) is 7.76. The summed E-state index contributed by atoms with van der Waals surface area (Å²) in [4.78, 5) is 4.40. The van der Waals surface area contributed by atoms with Crippen LogP contribution in [0.15, 0.2) is 23.5 Å². The van der Waals surface area contributed by atoms with Gasteiger partial charge in [-0.25, -0.2) is 4.99 Å². The first-order valence-corrected chi connectivity index (χ1v) is 5.50. The first-order valence-electron chi connectivity index (χ1n) is 5.50. The van der Waals surface area contributed by atoms with E-state index in [0.717, 1.165) is 12.5 Å². The zero-order valence-electron chi connectivity index (χ0n) is 10.3. The molecule has 1 aromatic heterocycles. The van der Waals surface area contributed by atoms with Gasteiger partial charge in [0.15, 0.2) is 5.96 Å². The molecule has 0 aliphatic carbocycles. The van der Waals surface area contributed by atoms with E-state index >= 15 is 0 Å². The van der Waals surface area contributed by atoms with E-state index in [1.165, 1.54) is 5.56 Å². The molecule has 0 saturated heterocycles. The molecule has 0 spiro atoms. The number of hydrogen-bond donors (Lipinski definition) is 3. The minimum atomic E-state index is 0. The van der Waals surface area contributed by atoms with Gasteiger partial charge in [0.05, 0.1) is 13.2 Å². The van der Waals surface area contributed by atoms with Crippen LogP contribution in [0.5, 0.6) is 0 Å². The number of nitrogens with one attached hydrogen (secondary N) is 2. The second-order valence-corrected chi connectivity index (χ2v) is 3.53. The fraction of sp³-hybridized carbons (Fsp3) is 0.545. The summed E-state index contributed by atoms with van der Waals surface area (Å²) in [5.74, 6) is 0.736. The molecular weight excluding hydrogens is 331 g/mol. The van der Waals surface area contributed by atoms with Gasteiger partial charge in [-0.3, -0.25) is 0 Å². The lowest BCUT2D eigenvalue weighted by molar-refractivity contribution is 0.300. The van der Waals surface area contributed by atoms with E-state index in [4.69, 9.17) is 5.11 Å². The second kappa shape index (κ2) is 9.29. The van der Waals surface area contributed by atoms with Crippen molar-refractivity contribution in [2.24, 2.45) is 12.0 Å². The van der Waals surface area contributed by atoms with Gasteiger partial charge in [0.1, 0.15) is 0 Å². The lowest BCUT2D eigenvalue weighted by atomic mass is 10.3. The third-order valence-electron chi connectivity index (χ3n) is 2.06. The predicted octanol–water partition coefficient (Wildman–Crippen LogP) is 0.690. The lowest BCUT2D eigenvalue weighted by Crippen LogP contribution is -2.38. The number of rotatable bonds is 5. The minimum absolute atomic E-state index is 0. The van der Waals surface area contributed by atoms with Crippen molar-refractivity contribution in [3.8, 4) is 0 Å². The Bertz CT molecular complexity index is 338. The molecule has 17 heavy (non-hydrogen) atoms. The van der Waals surface area contributed by atoms with E-state index < -0.39 is 0 Å². The molecule has 6 heteroatoms. The molecule has 0 atom stereocenters. The quantitative estimate of drug-likeness (QED) is 0.415. The molecule has 0 fully saturated rings. The maximum atomic E-state index is 8.72. The van der Waals surface area contributed by atoms with Crippen LogP contribution in [0.2, 0.25) is 0 Å². The Balaban J connectivity index is 0.00000256. The van der Waals surface area contributed by atoms with Crippen LogP contribution in [0, 0.1) is 0 Å². The van der Waals surface area contributed by atoms with Crippen LogP contribution in [0.3, 0.4) is 0 Å². The molecule has 1 aromatic rings. The highest BCUT2D eigenvalue weighted by atomic mass is 127. The van der Waals surface area contributed by atoms with Gasteiger partial charge in [0.2, 0.25) is 0 Å². The zero-order valence-corrected chi connectivity index (χ0v) is 12.6. The monoisotopic (exact) mass is 352 g/mol. The van der Waals surface area contributed by atoms with Crippen LogP contribution < -0.4 is 10.6 Å². The fourth-order valence-electron chi connectivity index (χ4n) is 1.34. The molecular formula is C11H21IN4O. The number of guanidine groups is 1. The molecule has 0 aromatic carbocycles. The van der Waals surface area contributed by atoms with E-state index in [1.54, 1.807) is 0 Å². The van der Waals surface area contributed by atoms with Crippen LogP contribution in [0.1, 0.15) is 12.5 Å². The Morgan fingerprint density at radius 1 is 1.47 bits per heavy atom. The van der Waals surface area contributed by atoms with Crippen molar-refractivity contribution >= 4 is 29.9 Å². The van der Waals surface area contributed by atoms with E-state index in [2.05, 4.69) is 15.6 Å². The number of halogens is 1. The average molecular weight is 352 g/mol. The predicted molar refractivity (Wildman–Crippen MR) is 80.7 cm³/mol. The Labute approximate surface area is 119 Å². The largest absolute Gasteiger partial charge is 0.395 e. The number of aliphatic imine (C=N–C) groups is 1. The molecule has 3 N–H and O–H groups in total. The van der Waals surface area contributed by atoms with Crippen LogP contribution in [-0.2, 0) is 13.6 Å². The third kappa shape index (κ3) is 6.52. The van der Waals surface area contributed by atoms with Gasteiger partial charge >= 0.3 is 0 Å². The molecule has 0 radical (unpaired) electrons. The molecule has 1 rings (SSSR count). The van der Waals surface area contributed by atoms with E-state index in [1.807, 2.05) is 37.0 Å². The van der Waals surface area contributed by atoms with E-state index in [-0.39, 0.29) is 30.6 Å². The van der Waals surface area contributed by atoms with Gasteiger partial charge in [-0.1, -0.05) is 0 Å². The van der Waals surface area contributed by atoms with Crippen molar-refractivity contribution in [1.82, 2.24) is 15.2 Å². The summed E-state index contributed by atoms with van der Waals surface area (Å²) in [6.07, 6.45) is 4.04. The van der Waals surface area contributed by atoms with Crippen LogP contribution >= 0.6 is 24.0 Å². The van der Waals surface area contributed by atoms with E-state index in [9.17, 15) is 0 Å². The Kier molecular flexibility index (Phi) is 8.87. The summed E-state index contributed by atoms with van der Waals surface area (Å²) in [6, 6.07) is 2.04. The average Bonchev–Trinajstić information content (AvgIpc) is 2.68. The highest BCUT2D eigenvalue weighted by Gasteiger charge is 1.97. The van der Waals surface area contributed by atoms with E-state index in [0.29, 0.717) is 13.1 Å². The van der Waals surface area contributed by atoms with Crippen molar-refractivity contribution in [2.45, 2.75) is 13.5 Å². The number of hydrogen-bond acceptors (Lipinski definition) is 2. The maximum absolute atomic E-state index is 8.72. The summed E-state index contributed by atoms with van der Waals surface area (Å²) in [6.45, 7) is 4.09. The summed E-state index contributed by atoms with van der Waals surface area (Å²) < 4.78 is 2.00. The first kappa shape index (κ1) is 16.2. The zero-order chi connectivity index (χ0) is 11.8. The van der Waals surface area contributed by atoms with Gasteiger partial charge < -0.3 is 20.3 Å². The Morgan fingerprint density at radius 3 is 2.76 bits per heavy atom. The Morgan fingerprint density at radius 2 is 2.24 bits per heavy atom. The van der Waals surface area contributed by atoms with Gasteiger partial charge in [0, 0.05) is 32.5 Å². The third-order valence-corrected chi connectivity index (χ3v) is 2.06. The van der Waals surface area contributed by atoms with Crippen LogP contribution in [-0.4, -0.2) is 35.3 Å². The summed E-state index contributed by atoms with van der Waals surface area (Å²) in [7, 11) is 1.99. The fourth-order valence-corrected chi connectivity index (χ4v) is 1.34. The van der Waals surface area contributed by atoms with Gasteiger partial charge in [-0.15, -0.1) is 24.0 Å². The SMILES string of the molecule is CCNC(=NCc1ccn(C)c1)NCCO.I. The van der Waals surface area contributed by atoms with Gasteiger partial charge in [-0.2, -0.15) is 0 Å². The molecule has 0 aliphatic heterocycles. The van der Waals surface area contributed by atoms with Crippen LogP contribution in [0.25, 0.3) is 0 Å². The van der Waals surface area contributed by atoms with Crippen molar-refractivity contribution in [1.29, 1.82) is 0 Å². The number of aliphatic hydroxyl groups excluding tert-OH is 1. The molecule has 1 heterocycles. The van der Waals surface area contributed by atoms with Crippen LogP contribution in [0.4, 0.5) is 0 Å². The smallest absolute Gasteiger partial charge is 0.191 e. The van der Waals surface area contributed by atoms with Crippen molar-refractivity contribution in [3.63, 3.8) is 0 Å². The number of aryl methyl sites for hydroxylation is 1. The molecule has 0 bridgehead atoms. The summed E-state index contributed by atoms with van der Waals surface area (Å²) in [5, 5.41) is 14.9. The molecule has 0 aliphatic rings. The number of aliphatic hydroxyl groups is 1. The number of aromatic nitrogens is 1. The van der Waals surface area contributed by atoms with Gasteiger partial charge in [0.25, 0.3) is 0 Å². The molecule has 98 valence electrons. The normalized spacial score (nSPS) is 10.9.